The summed E-state index contributed by atoms with van der Waals surface area (Å²) in [5.41, 5.74) is 0. The van der Waals surface area contributed by atoms with Crippen LogP contribution in [0.3, 0.4) is 0 Å². The fraction of sp³-hybridized carbons (Fsp3) is 0.885. The molecule has 0 N–H and O–H groups in total. The Morgan fingerprint density at radius 1 is 0.838 bits per heavy atom. The molecule has 11 heteroatoms. The molecule has 2 saturated heterocycles. The molecule has 0 aromatic heterocycles. The molecule has 2 heterocycles. The molecule has 0 bridgehead atoms. The molecule has 2 aliphatic heterocycles. The van der Waals surface area contributed by atoms with Crippen LogP contribution >= 0.6 is 0 Å². The fourth-order valence-electron chi connectivity index (χ4n) is 4.67. The van der Waals surface area contributed by atoms with Crippen molar-refractivity contribution >= 4 is 26.0 Å². The monoisotopic (exact) mass is 546 g/mol. The molecule has 6 unspecified atom stereocenters. The third-order valence-corrected chi connectivity index (χ3v) is 9.94. The Morgan fingerprint density at radius 3 is 2.08 bits per heavy atom. The Morgan fingerprint density at radius 2 is 1.46 bits per heavy atom. The van der Waals surface area contributed by atoms with Gasteiger partial charge in [-0.15, -0.1) is 0 Å². The van der Waals surface area contributed by atoms with E-state index in [1.165, 1.54) is 65.3 Å². The van der Waals surface area contributed by atoms with Gasteiger partial charge in [0.25, 0.3) is 5.97 Å². The van der Waals surface area contributed by atoms with Gasteiger partial charge in [-0.05, 0) is 6.04 Å². The average Bonchev–Trinajstić information content (AvgIpc) is 3.11. The fourth-order valence-corrected chi connectivity index (χ4v) is 6.78. The van der Waals surface area contributed by atoms with Crippen LogP contribution in [0.25, 0.3) is 0 Å². The van der Waals surface area contributed by atoms with Crippen molar-refractivity contribution in [3.63, 3.8) is 0 Å². The van der Waals surface area contributed by atoms with Gasteiger partial charge in [0.15, 0.2) is 24.6 Å². The molecule has 0 aliphatic carbocycles. The van der Waals surface area contributed by atoms with Crippen molar-refractivity contribution in [2.75, 3.05) is 13.2 Å². The second-order valence-electron chi connectivity index (χ2n) is 10.8. The van der Waals surface area contributed by atoms with E-state index in [2.05, 4.69) is 20.0 Å². The van der Waals surface area contributed by atoms with Gasteiger partial charge in [-0.3, -0.25) is 19.1 Å². The molecule has 0 spiro atoms. The zero-order valence-corrected chi connectivity index (χ0v) is 24.5. The van der Waals surface area contributed by atoms with Gasteiger partial charge >= 0.3 is 17.9 Å². The maximum absolute atomic E-state index is 11.9. The van der Waals surface area contributed by atoms with E-state index in [1.54, 1.807) is 6.92 Å². The minimum absolute atomic E-state index is 0.215. The normalized spacial score (nSPS) is 29.4. The molecule has 10 nitrogen and oxygen atoms in total. The molecule has 0 saturated carbocycles. The van der Waals surface area contributed by atoms with Crippen molar-refractivity contribution in [2.45, 2.75) is 135 Å². The largest absolute Gasteiger partial charge is 0.463 e. The van der Waals surface area contributed by atoms with E-state index in [1.807, 2.05) is 0 Å². The maximum atomic E-state index is 11.9. The quantitative estimate of drug-likeness (QED) is 0.127. The van der Waals surface area contributed by atoms with E-state index in [0.29, 0.717) is 6.61 Å². The number of fused-ring (bicyclic) bond motifs is 1. The van der Waals surface area contributed by atoms with E-state index in [0.717, 1.165) is 6.04 Å². The molecule has 2 fully saturated rings. The van der Waals surface area contributed by atoms with E-state index in [4.69, 9.17) is 33.2 Å². The summed E-state index contributed by atoms with van der Waals surface area (Å²) in [5.74, 6) is -3.15. The van der Waals surface area contributed by atoms with Crippen molar-refractivity contribution in [1.82, 2.24) is 0 Å². The first-order valence-electron chi connectivity index (χ1n) is 13.5. The Bertz CT molecular complexity index is 760. The van der Waals surface area contributed by atoms with Gasteiger partial charge in [0.1, 0.15) is 12.7 Å². The molecule has 2 rings (SSSR count). The molecule has 214 valence electrons. The van der Waals surface area contributed by atoms with Gasteiger partial charge < -0.3 is 28.4 Å². The minimum Gasteiger partial charge on any atom is -0.463 e. The second-order valence-corrected chi connectivity index (χ2v) is 16.2. The molecule has 2 aliphatic rings. The summed E-state index contributed by atoms with van der Waals surface area (Å²) in [5, 5.41) is 0. The first-order chi connectivity index (χ1) is 17.4. The van der Waals surface area contributed by atoms with Crippen molar-refractivity contribution in [3.8, 4) is 0 Å². The number of carbonyl (C=O) groups is 3. The summed E-state index contributed by atoms with van der Waals surface area (Å²) in [6.45, 7) is 12.6. The molecule has 0 radical (unpaired) electrons. The Hall–Kier alpha value is -1.53. The highest BCUT2D eigenvalue weighted by Gasteiger charge is 2.59. The highest BCUT2D eigenvalue weighted by atomic mass is 28.3. The second kappa shape index (κ2) is 14.6. The first kappa shape index (κ1) is 31.7. The van der Waals surface area contributed by atoms with Crippen molar-refractivity contribution in [1.29, 1.82) is 0 Å². The van der Waals surface area contributed by atoms with Crippen LogP contribution in [0.5, 0.6) is 0 Å². The van der Waals surface area contributed by atoms with E-state index in [9.17, 15) is 14.4 Å². The van der Waals surface area contributed by atoms with Crippen LogP contribution in [-0.4, -0.2) is 75.9 Å². The molecule has 0 aromatic rings. The third kappa shape index (κ3) is 10.6. The predicted octanol–water partition coefficient (Wildman–Crippen LogP) is 4.31. The van der Waals surface area contributed by atoms with Crippen LogP contribution in [0, 0.1) is 0 Å². The molecule has 0 aromatic carbocycles. The predicted molar refractivity (Wildman–Crippen MR) is 137 cm³/mol. The van der Waals surface area contributed by atoms with Crippen LogP contribution in [-0.2, 0) is 47.5 Å². The van der Waals surface area contributed by atoms with Crippen molar-refractivity contribution < 1.29 is 47.5 Å². The number of carbonyl (C=O) groups excluding carboxylic acids is 3. The summed E-state index contributed by atoms with van der Waals surface area (Å²) in [6, 6.07) is 2.19. The number of ether oxygens (including phenoxy) is 7. The van der Waals surface area contributed by atoms with E-state index < -0.39 is 62.7 Å². The van der Waals surface area contributed by atoms with Crippen LogP contribution in [0.1, 0.15) is 73.1 Å². The zero-order valence-electron chi connectivity index (χ0n) is 23.5. The summed E-state index contributed by atoms with van der Waals surface area (Å²) in [6.07, 6.45) is 2.80. The van der Waals surface area contributed by atoms with Crippen LogP contribution in [0.2, 0.25) is 25.2 Å². The topological polar surface area (TPSA) is 116 Å². The number of unbranched alkanes of at least 4 members (excludes halogenated alkanes) is 5. The van der Waals surface area contributed by atoms with E-state index >= 15 is 0 Å². The zero-order chi connectivity index (χ0) is 27.6. The average molecular weight is 547 g/mol. The summed E-state index contributed by atoms with van der Waals surface area (Å²) >= 11 is 0. The number of hydrogen-bond acceptors (Lipinski definition) is 10. The third-order valence-electron chi connectivity index (χ3n) is 6.68. The van der Waals surface area contributed by atoms with Gasteiger partial charge in [0, 0.05) is 35.8 Å². The number of esters is 3. The lowest BCUT2D eigenvalue weighted by molar-refractivity contribution is -0.342. The smallest absolute Gasteiger partial charge is 0.303 e. The number of hydrogen-bond donors (Lipinski definition) is 0. The Labute approximate surface area is 222 Å². The number of rotatable bonds is 15. The molecule has 0 amide bonds. The van der Waals surface area contributed by atoms with Crippen molar-refractivity contribution in [3.05, 3.63) is 0 Å². The van der Waals surface area contributed by atoms with Gasteiger partial charge in [-0.2, -0.15) is 0 Å². The molecular weight excluding hydrogens is 500 g/mol. The molecule has 37 heavy (non-hydrogen) atoms. The SMILES string of the molecule is CCCCCCCC[Si](C)(C)CCOC1(C)OC2OC(COC(C)=O)C(OC(C)=O)C(OC(C)=O)C2O1. The minimum atomic E-state index is -1.45. The van der Waals surface area contributed by atoms with E-state index in [-0.39, 0.29) is 6.61 Å². The van der Waals surface area contributed by atoms with Crippen LogP contribution < -0.4 is 0 Å². The lowest BCUT2D eigenvalue weighted by Gasteiger charge is -2.40. The standard InChI is InChI=1S/C26H46O10Si/c1-8-9-10-11-12-13-15-37(6,7)16-14-31-26(5)35-24-23(33-20(4)29)22(32-19(3)28)21(17-30-18(2)27)34-25(24)36-26/h21-25H,8-17H2,1-7H3. The summed E-state index contributed by atoms with van der Waals surface area (Å²) in [7, 11) is -1.45. The van der Waals surface area contributed by atoms with Gasteiger partial charge in [-0.1, -0.05) is 64.6 Å². The molecule has 6 atom stereocenters. The van der Waals surface area contributed by atoms with Crippen LogP contribution in [0.15, 0.2) is 0 Å². The Balaban J connectivity index is 2.00. The van der Waals surface area contributed by atoms with Gasteiger partial charge in [-0.25, -0.2) is 0 Å². The first-order valence-corrected chi connectivity index (χ1v) is 16.9. The van der Waals surface area contributed by atoms with Crippen LogP contribution in [0.4, 0.5) is 0 Å². The highest BCUT2D eigenvalue weighted by molar-refractivity contribution is 6.77. The summed E-state index contributed by atoms with van der Waals surface area (Å²) in [4.78, 5) is 35.1. The Kier molecular flexibility index (Phi) is 12.5. The maximum Gasteiger partial charge on any atom is 0.303 e. The summed E-state index contributed by atoms with van der Waals surface area (Å²) < 4.78 is 40.1. The lowest BCUT2D eigenvalue weighted by Crippen LogP contribution is -2.60. The van der Waals surface area contributed by atoms with Gasteiger partial charge in [0.2, 0.25) is 0 Å². The molecular formula is C26H46O10Si. The lowest BCUT2D eigenvalue weighted by atomic mass is 9.98. The van der Waals surface area contributed by atoms with Crippen molar-refractivity contribution in [2.24, 2.45) is 0 Å². The van der Waals surface area contributed by atoms with Gasteiger partial charge in [0.05, 0.1) is 6.61 Å². The highest BCUT2D eigenvalue weighted by Crippen LogP contribution is 2.40.